The van der Waals surface area contributed by atoms with E-state index in [2.05, 4.69) is 4.98 Å². The third kappa shape index (κ3) is 4.25. The molecule has 0 radical (unpaired) electrons. The molecule has 3 heterocycles. The number of benzene rings is 1. The van der Waals surface area contributed by atoms with Crippen LogP contribution in [0.4, 0.5) is 8.78 Å². The number of aryl methyl sites for hydroxylation is 1. The molecule has 1 aliphatic rings. The number of thiophene rings is 1. The van der Waals surface area contributed by atoms with Crippen LogP contribution >= 0.6 is 11.3 Å². The molecule has 1 amide bonds. The molecule has 1 aromatic carbocycles. The zero-order chi connectivity index (χ0) is 22.2. The summed E-state index contributed by atoms with van der Waals surface area (Å²) in [6.45, 7) is 1.85. The largest absolute Gasteiger partial charge is 0.440 e. The molecule has 0 N–H and O–H groups in total. The van der Waals surface area contributed by atoms with E-state index in [0.717, 1.165) is 27.4 Å². The van der Waals surface area contributed by atoms with E-state index in [9.17, 15) is 22.0 Å². The lowest BCUT2D eigenvalue weighted by Crippen LogP contribution is -2.51. The normalized spacial score (nSPS) is 15.4. The quantitative estimate of drug-likeness (QED) is 0.576. The first-order chi connectivity index (χ1) is 14.8. The number of halogens is 2. The fraction of sp³-hybridized carbons (Fsp3) is 0.300. The summed E-state index contributed by atoms with van der Waals surface area (Å²) in [5, 5.41) is 1.90. The maximum atomic E-state index is 14.0. The van der Waals surface area contributed by atoms with Gasteiger partial charge in [-0.2, -0.15) is 4.31 Å². The number of amides is 1. The van der Waals surface area contributed by atoms with Gasteiger partial charge in [0, 0.05) is 26.2 Å². The van der Waals surface area contributed by atoms with Crippen LogP contribution in [0, 0.1) is 18.6 Å². The van der Waals surface area contributed by atoms with Gasteiger partial charge in [0.15, 0.2) is 4.90 Å². The molecule has 1 saturated heterocycles. The standard InChI is InChI=1S/C20H19F2N3O4S2/c1-13-16(23-20(29-13)17-6-3-11-30-17)12-18(26)24-7-9-25(10-8-24)31(27,28)19-14(21)4-2-5-15(19)22/h2-6,11H,7-10,12H2,1H3. The maximum absolute atomic E-state index is 14.0. The lowest BCUT2D eigenvalue weighted by atomic mass is 10.2. The zero-order valence-electron chi connectivity index (χ0n) is 16.5. The van der Waals surface area contributed by atoms with Crippen LogP contribution in [0.25, 0.3) is 10.8 Å². The highest BCUT2D eigenvalue weighted by atomic mass is 32.2. The lowest BCUT2D eigenvalue weighted by molar-refractivity contribution is -0.131. The molecule has 0 unspecified atom stereocenters. The van der Waals surface area contributed by atoms with Crippen molar-refractivity contribution >= 4 is 27.3 Å². The van der Waals surface area contributed by atoms with Gasteiger partial charge in [0.1, 0.15) is 17.4 Å². The van der Waals surface area contributed by atoms with Crippen molar-refractivity contribution in [1.82, 2.24) is 14.2 Å². The molecule has 11 heteroatoms. The van der Waals surface area contributed by atoms with E-state index < -0.39 is 26.6 Å². The van der Waals surface area contributed by atoms with Gasteiger partial charge in [-0.15, -0.1) is 11.3 Å². The monoisotopic (exact) mass is 467 g/mol. The average Bonchev–Trinajstić information content (AvgIpc) is 3.38. The molecule has 1 fully saturated rings. The predicted octanol–water partition coefficient (Wildman–Crippen LogP) is 3.07. The van der Waals surface area contributed by atoms with E-state index in [1.807, 2.05) is 17.5 Å². The predicted molar refractivity (Wildman–Crippen MR) is 110 cm³/mol. The molecule has 7 nitrogen and oxygen atoms in total. The fourth-order valence-corrected chi connectivity index (χ4v) is 5.57. The van der Waals surface area contributed by atoms with Crippen LogP contribution in [0.1, 0.15) is 11.5 Å². The van der Waals surface area contributed by atoms with Crippen molar-refractivity contribution < 1.29 is 26.4 Å². The van der Waals surface area contributed by atoms with Gasteiger partial charge in [0.05, 0.1) is 17.0 Å². The van der Waals surface area contributed by atoms with E-state index in [1.165, 1.54) is 16.2 Å². The van der Waals surface area contributed by atoms with Gasteiger partial charge < -0.3 is 9.32 Å². The zero-order valence-corrected chi connectivity index (χ0v) is 18.2. The SMILES string of the molecule is Cc1oc(-c2cccs2)nc1CC(=O)N1CCN(S(=O)(=O)c2c(F)cccc2F)CC1. The van der Waals surface area contributed by atoms with E-state index in [0.29, 0.717) is 17.3 Å². The molecule has 4 rings (SSSR count). The molecule has 0 aliphatic carbocycles. The Morgan fingerprint density at radius 1 is 1.13 bits per heavy atom. The van der Waals surface area contributed by atoms with Crippen LogP contribution in [-0.2, 0) is 21.2 Å². The molecule has 0 saturated carbocycles. The summed E-state index contributed by atoms with van der Waals surface area (Å²) in [6.07, 6.45) is 0.0232. The molecule has 0 bridgehead atoms. The lowest BCUT2D eigenvalue weighted by Gasteiger charge is -2.34. The number of nitrogens with zero attached hydrogens (tertiary/aromatic N) is 3. The number of hydrogen-bond donors (Lipinski definition) is 0. The number of rotatable bonds is 5. The van der Waals surface area contributed by atoms with Gasteiger partial charge in [0.25, 0.3) is 0 Å². The van der Waals surface area contributed by atoms with Crippen molar-refractivity contribution in [2.24, 2.45) is 0 Å². The minimum absolute atomic E-state index is 0.0232. The molecule has 3 aromatic rings. The summed E-state index contributed by atoms with van der Waals surface area (Å²) >= 11 is 1.48. The molecule has 164 valence electrons. The number of piperazine rings is 1. The van der Waals surface area contributed by atoms with Crippen molar-refractivity contribution in [3.63, 3.8) is 0 Å². The third-order valence-corrected chi connectivity index (χ3v) is 7.86. The highest BCUT2D eigenvalue weighted by Gasteiger charge is 2.34. The van der Waals surface area contributed by atoms with Crippen LogP contribution in [0.5, 0.6) is 0 Å². The smallest absolute Gasteiger partial charge is 0.249 e. The number of carbonyl (C=O) groups excluding carboxylic acids is 1. The molecular weight excluding hydrogens is 448 g/mol. The van der Waals surface area contributed by atoms with Crippen LogP contribution in [0.15, 0.2) is 45.0 Å². The summed E-state index contributed by atoms with van der Waals surface area (Å²) in [5.41, 5.74) is 0.525. The first kappa shape index (κ1) is 21.6. The van der Waals surface area contributed by atoms with E-state index >= 15 is 0 Å². The highest BCUT2D eigenvalue weighted by Crippen LogP contribution is 2.27. The minimum atomic E-state index is -4.34. The molecular formula is C20H19F2N3O4S2. The van der Waals surface area contributed by atoms with Crippen molar-refractivity contribution in [2.45, 2.75) is 18.2 Å². The van der Waals surface area contributed by atoms with Gasteiger partial charge >= 0.3 is 0 Å². The Kier molecular flexibility index (Phi) is 5.91. The summed E-state index contributed by atoms with van der Waals surface area (Å²) in [7, 11) is -4.34. The Bertz CT molecular complexity index is 1180. The Labute approximate surface area is 182 Å². The first-order valence-electron chi connectivity index (χ1n) is 9.49. The van der Waals surface area contributed by atoms with Crippen LogP contribution < -0.4 is 0 Å². The van der Waals surface area contributed by atoms with E-state index in [4.69, 9.17) is 4.42 Å². The second kappa shape index (κ2) is 8.48. The van der Waals surface area contributed by atoms with Gasteiger partial charge in [-0.1, -0.05) is 12.1 Å². The van der Waals surface area contributed by atoms with E-state index in [1.54, 1.807) is 6.92 Å². The minimum Gasteiger partial charge on any atom is -0.440 e. The second-order valence-corrected chi connectivity index (χ2v) is 9.83. The summed E-state index contributed by atoms with van der Waals surface area (Å²) < 4.78 is 59.9. The Hall–Kier alpha value is -2.63. The average molecular weight is 468 g/mol. The van der Waals surface area contributed by atoms with Crippen molar-refractivity contribution in [3.8, 4) is 10.8 Å². The Morgan fingerprint density at radius 3 is 2.42 bits per heavy atom. The summed E-state index contributed by atoms with van der Waals surface area (Å²) in [6, 6.07) is 6.67. The van der Waals surface area contributed by atoms with Gasteiger partial charge in [-0.3, -0.25) is 4.79 Å². The number of oxazole rings is 1. The fourth-order valence-electron chi connectivity index (χ4n) is 3.39. The van der Waals surface area contributed by atoms with Gasteiger partial charge in [-0.05, 0) is 30.5 Å². The second-order valence-electron chi connectivity index (χ2n) is 7.01. The number of hydrogen-bond acceptors (Lipinski definition) is 6. The first-order valence-corrected chi connectivity index (χ1v) is 11.8. The van der Waals surface area contributed by atoms with Crippen LogP contribution in [-0.4, -0.2) is 54.7 Å². The topological polar surface area (TPSA) is 83.7 Å². The number of carbonyl (C=O) groups is 1. The molecule has 2 aromatic heterocycles. The Morgan fingerprint density at radius 2 is 1.81 bits per heavy atom. The molecule has 0 atom stereocenters. The Balaban J connectivity index is 1.42. The number of sulfonamides is 1. The molecule has 0 spiro atoms. The third-order valence-electron chi connectivity index (χ3n) is 5.05. The summed E-state index contributed by atoms with van der Waals surface area (Å²) in [4.78, 5) is 18.5. The highest BCUT2D eigenvalue weighted by molar-refractivity contribution is 7.89. The van der Waals surface area contributed by atoms with Gasteiger partial charge in [0.2, 0.25) is 21.8 Å². The van der Waals surface area contributed by atoms with Crippen molar-refractivity contribution in [3.05, 3.63) is 58.8 Å². The van der Waals surface area contributed by atoms with Crippen LogP contribution in [0.2, 0.25) is 0 Å². The summed E-state index contributed by atoms with van der Waals surface area (Å²) in [5.74, 6) is -1.49. The van der Waals surface area contributed by atoms with E-state index in [-0.39, 0.29) is 38.5 Å². The van der Waals surface area contributed by atoms with Crippen LogP contribution in [0.3, 0.4) is 0 Å². The number of aromatic nitrogens is 1. The molecule has 31 heavy (non-hydrogen) atoms. The van der Waals surface area contributed by atoms with Crippen molar-refractivity contribution in [2.75, 3.05) is 26.2 Å². The van der Waals surface area contributed by atoms with Gasteiger partial charge in [-0.25, -0.2) is 22.2 Å². The maximum Gasteiger partial charge on any atom is 0.249 e. The molecule has 1 aliphatic heterocycles. The van der Waals surface area contributed by atoms with Crippen molar-refractivity contribution in [1.29, 1.82) is 0 Å².